The van der Waals surface area contributed by atoms with Crippen LogP contribution in [0.25, 0.3) is 0 Å². The molecular weight excluding hydrogens is 424 g/mol. The SMILES string of the molecule is CN1CCC(NCc2ccncc2OCC2CCOC2)=C(C(=S)Nc2ccccc2)C1=O. The van der Waals surface area contributed by atoms with E-state index in [-0.39, 0.29) is 5.91 Å². The fraction of sp³-hybridized carbons (Fsp3) is 0.375. The van der Waals surface area contributed by atoms with Gasteiger partial charge in [-0.1, -0.05) is 30.4 Å². The highest BCUT2D eigenvalue weighted by atomic mass is 32.1. The van der Waals surface area contributed by atoms with Crippen LogP contribution < -0.4 is 15.4 Å². The van der Waals surface area contributed by atoms with Crippen LogP contribution in [-0.4, -0.2) is 54.2 Å². The van der Waals surface area contributed by atoms with Crippen LogP contribution in [0, 0.1) is 5.92 Å². The molecule has 1 unspecified atom stereocenters. The molecule has 168 valence electrons. The molecule has 8 heteroatoms. The first-order valence-corrected chi connectivity index (χ1v) is 11.2. The summed E-state index contributed by atoms with van der Waals surface area (Å²) in [5.41, 5.74) is 3.19. The van der Waals surface area contributed by atoms with Gasteiger partial charge < -0.3 is 25.0 Å². The van der Waals surface area contributed by atoms with Gasteiger partial charge in [0, 0.05) is 62.2 Å². The molecule has 0 radical (unpaired) electrons. The largest absolute Gasteiger partial charge is 0.491 e. The summed E-state index contributed by atoms with van der Waals surface area (Å²) in [5.74, 6) is 1.08. The van der Waals surface area contributed by atoms with E-state index in [4.69, 9.17) is 21.7 Å². The van der Waals surface area contributed by atoms with Crippen LogP contribution in [-0.2, 0) is 16.1 Å². The molecule has 2 aromatic rings. The highest BCUT2D eigenvalue weighted by molar-refractivity contribution is 7.81. The summed E-state index contributed by atoms with van der Waals surface area (Å²) >= 11 is 5.62. The number of anilines is 1. The first kappa shape index (κ1) is 22.2. The van der Waals surface area contributed by atoms with Crippen molar-refractivity contribution in [1.29, 1.82) is 0 Å². The lowest BCUT2D eigenvalue weighted by Crippen LogP contribution is -2.40. The Morgan fingerprint density at radius 1 is 1.31 bits per heavy atom. The number of carbonyl (C=O) groups is 1. The van der Waals surface area contributed by atoms with E-state index in [0.29, 0.717) is 42.6 Å². The lowest BCUT2D eigenvalue weighted by molar-refractivity contribution is -0.126. The number of thiocarbonyl (C=S) groups is 1. The number of hydrogen-bond donors (Lipinski definition) is 2. The summed E-state index contributed by atoms with van der Waals surface area (Å²) in [6, 6.07) is 11.6. The number of likely N-dealkylation sites (N-methyl/N-ethyl adjacent to an activating group) is 1. The number of pyridine rings is 1. The summed E-state index contributed by atoms with van der Waals surface area (Å²) < 4.78 is 11.5. The molecule has 0 bridgehead atoms. The molecule has 0 aliphatic carbocycles. The van der Waals surface area contributed by atoms with Gasteiger partial charge in [-0.05, 0) is 24.6 Å². The fourth-order valence-electron chi connectivity index (χ4n) is 3.76. The second-order valence-electron chi connectivity index (χ2n) is 8.03. The van der Waals surface area contributed by atoms with Crippen LogP contribution >= 0.6 is 12.2 Å². The number of benzene rings is 1. The van der Waals surface area contributed by atoms with Crippen LogP contribution in [0.1, 0.15) is 18.4 Å². The van der Waals surface area contributed by atoms with Crippen molar-refractivity contribution in [3.8, 4) is 5.75 Å². The van der Waals surface area contributed by atoms with Gasteiger partial charge in [-0.2, -0.15) is 0 Å². The van der Waals surface area contributed by atoms with Crippen molar-refractivity contribution in [3.63, 3.8) is 0 Å². The van der Waals surface area contributed by atoms with Crippen molar-refractivity contribution in [1.82, 2.24) is 15.2 Å². The van der Waals surface area contributed by atoms with Gasteiger partial charge in [0.25, 0.3) is 5.91 Å². The van der Waals surface area contributed by atoms with Crippen molar-refractivity contribution < 1.29 is 14.3 Å². The molecule has 1 atom stereocenters. The molecule has 1 aromatic carbocycles. The van der Waals surface area contributed by atoms with E-state index < -0.39 is 0 Å². The summed E-state index contributed by atoms with van der Waals surface area (Å²) in [4.78, 5) is 19.3. The standard InChI is InChI=1S/C24H28N4O3S/c1-28-11-8-20(22(24(28)29)23(32)27-19-5-3-2-4-6-19)26-13-18-7-10-25-14-21(18)31-16-17-9-12-30-15-17/h2-7,10,14,17,26H,8-9,11-13,15-16H2,1H3,(H,27,32). The van der Waals surface area contributed by atoms with Gasteiger partial charge in [-0.15, -0.1) is 0 Å². The van der Waals surface area contributed by atoms with Crippen LogP contribution in [0.5, 0.6) is 5.75 Å². The smallest absolute Gasteiger partial charge is 0.258 e. The Morgan fingerprint density at radius 3 is 2.94 bits per heavy atom. The van der Waals surface area contributed by atoms with E-state index >= 15 is 0 Å². The van der Waals surface area contributed by atoms with Crippen LogP contribution in [0.2, 0.25) is 0 Å². The van der Waals surface area contributed by atoms with Crippen LogP contribution in [0.4, 0.5) is 5.69 Å². The molecule has 1 amide bonds. The summed E-state index contributed by atoms with van der Waals surface area (Å²) in [6.07, 6.45) is 5.21. The lowest BCUT2D eigenvalue weighted by Gasteiger charge is -2.29. The van der Waals surface area contributed by atoms with Crippen LogP contribution in [0.15, 0.2) is 60.1 Å². The Bertz CT molecular complexity index is 990. The monoisotopic (exact) mass is 452 g/mol. The Morgan fingerprint density at radius 2 is 2.16 bits per heavy atom. The van der Waals surface area contributed by atoms with Crippen molar-refractivity contribution in [3.05, 3.63) is 65.6 Å². The van der Waals surface area contributed by atoms with Gasteiger partial charge in [-0.3, -0.25) is 9.78 Å². The third-order valence-corrected chi connectivity index (χ3v) is 5.99. The highest BCUT2D eigenvalue weighted by Crippen LogP contribution is 2.23. The first-order valence-electron chi connectivity index (χ1n) is 10.8. The number of ether oxygens (including phenoxy) is 2. The quantitative estimate of drug-likeness (QED) is 0.596. The minimum atomic E-state index is -0.0837. The zero-order valence-corrected chi connectivity index (χ0v) is 19.0. The third-order valence-electron chi connectivity index (χ3n) is 5.68. The number of aromatic nitrogens is 1. The molecule has 2 aliphatic heterocycles. The predicted molar refractivity (Wildman–Crippen MR) is 127 cm³/mol. The van der Waals surface area contributed by atoms with E-state index in [1.54, 1.807) is 24.3 Å². The van der Waals surface area contributed by atoms with E-state index in [2.05, 4.69) is 15.6 Å². The number of amides is 1. The van der Waals surface area contributed by atoms with Gasteiger partial charge >= 0.3 is 0 Å². The third kappa shape index (κ3) is 5.44. The van der Waals surface area contributed by atoms with E-state index in [9.17, 15) is 4.79 Å². The number of para-hydroxylation sites is 1. The summed E-state index contributed by atoms with van der Waals surface area (Å²) in [7, 11) is 1.80. The first-order chi connectivity index (χ1) is 15.6. The number of hydrogen-bond acceptors (Lipinski definition) is 6. The zero-order chi connectivity index (χ0) is 22.3. The van der Waals surface area contributed by atoms with E-state index in [0.717, 1.165) is 42.3 Å². The number of carbonyl (C=O) groups excluding carboxylic acids is 1. The number of rotatable bonds is 8. The van der Waals surface area contributed by atoms with Crippen molar-refractivity contribution in [2.24, 2.45) is 5.92 Å². The molecule has 32 heavy (non-hydrogen) atoms. The van der Waals surface area contributed by atoms with Gasteiger partial charge in [0.05, 0.1) is 25.0 Å². The summed E-state index contributed by atoms with van der Waals surface area (Å²) in [6.45, 7) is 3.31. The average molecular weight is 453 g/mol. The van der Waals surface area contributed by atoms with Gasteiger partial charge in [0.15, 0.2) is 0 Å². The van der Waals surface area contributed by atoms with Gasteiger partial charge in [0.1, 0.15) is 10.7 Å². The lowest BCUT2D eigenvalue weighted by atomic mass is 10.0. The zero-order valence-electron chi connectivity index (χ0n) is 18.2. The maximum absolute atomic E-state index is 12.9. The molecule has 3 heterocycles. The maximum Gasteiger partial charge on any atom is 0.258 e. The maximum atomic E-state index is 12.9. The molecule has 1 aromatic heterocycles. The Hall–Kier alpha value is -2.97. The number of nitrogens with zero attached hydrogens (tertiary/aromatic N) is 2. The highest BCUT2D eigenvalue weighted by Gasteiger charge is 2.28. The molecule has 4 rings (SSSR count). The Labute approximate surface area is 193 Å². The molecule has 0 saturated carbocycles. The van der Waals surface area contributed by atoms with E-state index in [1.807, 2.05) is 36.4 Å². The minimum Gasteiger partial charge on any atom is -0.491 e. The van der Waals surface area contributed by atoms with Gasteiger partial charge in [-0.25, -0.2) is 0 Å². The number of nitrogens with one attached hydrogen (secondary N) is 2. The van der Waals surface area contributed by atoms with Crippen LogP contribution in [0.3, 0.4) is 0 Å². The average Bonchev–Trinajstić information content (AvgIpc) is 3.33. The van der Waals surface area contributed by atoms with Crippen molar-refractivity contribution in [2.75, 3.05) is 38.7 Å². The second kappa shape index (κ2) is 10.6. The molecular formula is C24H28N4O3S. The molecule has 0 spiro atoms. The van der Waals surface area contributed by atoms with Crippen molar-refractivity contribution >= 4 is 28.8 Å². The van der Waals surface area contributed by atoms with Crippen molar-refractivity contribution in [2.45, 2.75) is 19.4 Å². The molecule has 2 N–H and O–H groups in total. The predicted octanol–water partition coefficient (Wildman–Crippen LogP) is 3.14. The Kier molecular flexibility index (Phi) is 7.34. The van der Waals surface area contributed by atoms with E-state index in [1.165, 1.54) is 0 Å². The minimum absolute atomic E-state index is 0.0837. The normalized spacial score (nSPS) is 18.6. The topological polar surface area (TPSA) is 75.7 Å². The second-order valence-corrected chi connectivity index (χ2v) is 8.44. The fourth-order valence-corrected chi connectivity index (χ4v) is 4.09. The molecule has 7 nitrogen and oxygen atoms in total. The molecule has 1 saturated heterocycles. The Balaban J connectivity index is 1.48. The molecule has 2 aliphatic rings. The molecule has 1 fully saturated rings. The van der Waals surface area contributed by atoms with Gasteiger partial charge in [0.2, 0.25) is 0 Å². The summed E-state index contributed by atoms with van der Waals surface area (Å²) in [5, 5.41) is 6.64.